The number of hydrogen-bond acceptors (Lipinski definition) is 3. The number of Topliss-reactive ketones (excluding diaryl/α,β-unsaturated/α-hetero) is 1. The second kappa shape index (κ2) is 5.82. The molecular weight excluding hydrogens is 232 g/mol. The number of amides is 1. The second-order valence-corrected chi connectivity index (χ2v) is 4.60. The van der Waals surface area contributed by atoms with E-state index in [1.807, 2.05) is 13.8 Å². The van der Waals surface area contributed by atoms with Crippen LogP contribution in [0.5, 0.6) is 0 Å². The van der Waals surface area contributed by atoms with Gasteiger partial charge in [-0.05, 0) is 26.8 Å². The highest BCUT2D eigenvalue weighted by molar-refractivity contribution is 5.99. The molecule has 18 heavy (non-hydrogen) atoms. The maximum atomic E-state index is 12.3. The van der Waals surface area contributed by atoms with Gasteiger partial charge in [-0.2, -0.15) is 0 Å². The summed E-state index contributed by atoms with van der Waals surface area (Å²) in [7, 11) is 1.73. The Bertz CT molecular complexity index is 449. The molecule has 1 amide bonds. The number of rotatable bonds is 5. The monoisotopic (exact) mass is 252 g/mol. The molecule has 1 aromatic rings. The van der Waals surface area contributed by atoms with Crippen molar-refractivity contribution < 1.29 is 14.7 Å². The highest BCUT2D eigenvalue weighted by Crippen LogP contribution is 2.12. The fourth-order valence-electron chi connectivity index (χ4n) is 1.82. The summed E-state index contributed by atoms with van der Waals surface area (Å²) < 4.78 is 1.64. The van der Waals surface area contributed by atoms with Crippen molar-refractivity contribution in [3.63, 3.8) is 0 Å². The van der Waals surface area contributed by atoms with Crippen LogP contribution >= 0.6 is 0 Å². The third-order valence-electron chi connectivity index (χ3n) is 2.86. The van der Waals surface area contributed by atoms with Gasteiger partial charge in [0.15, 0.2) is 5.78 Å². The number of ketones is 1. The summed E-state index contributed by atoms with van der Waals surface area (Å²) in [6.45, 7) is 5.47. The van der Waals surface area contributed by atoms with Gasteiger partial charge in [0.05, 0.1) is 6.61 Å². The zero-order valence-corrected chi connectivity index (χ0v) is 11.3. The van der Waals surface area contributed by atoms with Crippen molar-refractivity contribution in [1.29, 1.82) is 0 Å². The van der Waals surface area contributed by atoms with Gasteiger partial charge in [0, 0.05) is 31.4 Å². The number of aliphatic hydroxyl groups excluding tert-OH is 1. The molecule has 0 bridgehead atoms. The van der Waals surface area contributed by atoms with Gasteiger partial charge in [-0.15, -0.1) is 0 Å². The van der Waals surface area contributed by atoms with Gasteiger partial charge in [0.1, 0.15) is 5.69 Å². The Morgan fingerprint density at radius 3 is 2.44 bits per heavy atom. The maximum absolute atomic E-state index is 12.3. The Kier molecular flexibility index (Phi) is 4.67. The molecule has 1 rings (SSSR count). The first-order valence-corrected chi connectivity index (χ1v) is 5.97. The SMILES string of the molecule is CC(=O)c1cc(C(=O)N(CCO)C(C)C)n(C)c1. The Morgan fingerprint density at radius 1 is 1.44 bits per heavy atom. The molecule has 1 aromatic heterocycles. The minimum atomic E-state index is -0.172. The van der Waals surface area contributed by atoms with E-state index in [1.54, 1.807) is 28.8 Å². The first kappa shape index (κ1) is 14.4. The van der Waals surface area contributed by atoms with Gasteiger partial charge >= 0.3 is 0 Å². The average molecular weight is 252 g/mol. The van der Waals surface area contributed by atoms with Crippen LogP contribution < -0.4 is 0 Å². The van der Waals surface area contributed by atoms with Crippen LogP contribution in [0.1, 0.15) is 41.6 Å². The van der Waals surface area contributed by atoms with E-state index >= 15 is 0 Å². The molecule has 100 valence electrons. The number of carbonyl (C=O) groups is 2. The molecule has 0 spiro atoms. The van der Waals surface area contributed by atoms with Gasteiger partial charge in [0.25, 0.3) is 5.91 Å². The lowest BCUT2D eigenvalue weighted by molar-refractivity contribution is 0.0655. The van der Waals surface area contributed by atoms with Gasteiger partial charge in [-0.3, -0.25) is 9.59 Å². The standard InChI is InChI=1S/C13H20N2O3/c1-9(2)15(5-6-16)13(18)12-7-11(10(3)17)8-14(12)4/h7-9,16H,5-6H2,1-4H3. The van der Waals surface area contributed by atoms with Crippen LogP contribution in [0.4, 0.5) is 0 Å². The van der Waals surface area contributed by atoms with Crippen molar-refractivity contribution in [2.45, 2.75) is 26.8 Å². The Morgan fingerprint density at radius 2 is 2.06 bits per heavy atom. The molecule has 0 radical (unpaired) electrons. The largest absolute Gasteiger partial charge is 0.395 e. The molecular formula is C13H20N2O3. The average Bonchev–Trinajstić information content (AvgIpc) is 2.67. The molecule has 5 heteroatoms. The molecule has 0 aliphatic carbocycles. The van der Waals surface area contributed by atoms with Crippen LogP contribution in [0, 0.1) is 0 Å². The summed E-state index contributed by atoms with van der Waals surface area (Å²) in [6, 6.07) is 1.59. The molecule has 0 saturated heterocycles. The molecule has 0 aliphatic rings. The van der Waals surface area contributed by atoms with Crippen LogP contribution in [0.15, 0.2) is 12.3 Å². The normalized spacial score (nSPS) is 10.8. The first-order chi connectivity index (χ1) is 8.38. The van der Waals surface area contributed by atoms with E-state index in [9.17, 15) is 9.59 Å². The summed E-state index contributed by atoms with van der Waals surface area (Å²) in [6.07, 6.45) is 1.65. The van der Waals surface area contributed by atoms with Crippen molar-refractivity contribution in [2.75, 3.05) is 13.2 Å². The number of hydrogen-bond donors (Lipinski definition) is 1. The van der Waals surface area contributed by atoms with E-state index in [0.29, 0.717) is 11.3 Å². The molecule has 0 aromatic carbocycles. The van der Waals surface area contributed by atoms with Crippen LogP contribution in [0.3, 0.4) is 0 Å². The fourth-order valence-corrected chi connectivity index (χ4v) is 1.82. The van der Waals surface area contributed by atoms with Crippen LogP contribution in [0.25, 0.3) is 0 Å². The number of aliphatic hydroxyl groups is 1. The molecule has 1 N–H and O–H groups in total. The zero-order valence-electron chi connectivity index (χ0n) is 11.3. The van der Waals surface area contributed by atoms with Crippen molar-refractivity contribution >= 4 is 11.7 Å². The topological polar surface area (TPSA) is 62.5 Å². The Hall–Kier alpha value is -1.62. The number of nitrogens with zero attached hydrogens (tertiary/aromatic N) is 2. The second-order valence-electron chi connectivity index (χ2n) is 4.60. The van der Waals surface area contributed by atoms with E-state index < -0.39 is 0 Å². The minimum absolute atomic E-state index is 0.000304. The lowest BCUT2D eigenvalue weighted by Gasteiger charge is -2.26. The number of carbonyl (C=O) groups excluding carboxylic acids is 2. The molecule has 0 fully saturated rings. The van der Waals surface area contributed by atoms with Gasteiger partial charge in [-0.1, -0.05) is 0 Å². The van der Waals surface area contributed by atoms with Crippen LogP contribution in [0.2, 0.25) is 0 Å². The lowest BCUT2D eigenvalue weighted by atomic mass is 10.2. The fraction of sp³-hybridized carbons (Fsp3) is 0.538. The third kappa shape index (κ3) is 2.98. The quantitative estimate of drug-likeness (QED) is 0.797. The Balaban J connectivity index is 3.05. The van der Waals surface area contributed by atoms with E-state index in [1.165, 1.54) is 6.92 Å². The number of aryl methyl sites for hydroxylation is 1. The summed E-state index contributed by atoms with van der Waals surface area (Å²) in [5.41, 5.74) is 0.982. The summed E-state index contributed by atoms with van der Waals surface area (Å²) >= 11 is 0. The molecule has 5 nitrogen and oxygen atoms in total. The third-order valence-corrected chi connectivity index (χ3v) is 2.86. The summed E-state index contributed by atoms with van der Waals surface area (Å²) in [5.74, 6) is -0.239. The molecule has 0 saturated carbocycles. The van der Waals surface area contributed by atoms with Crippen molar-refractivity contribution in [1.82, 2.24) is 9.47 Å². The molecule has 0 aliphatic heterocycles. The maximum Gasteiger partial charge on any atom is 0.270 e. The zero-order chi connectivity index (χ0) is 13.9. The Labute approximate surface area is 107 Å². The van der Waals surface area contributed by atoms with Gasteiger partial charge in [0.2, 0.25) is 0 Å². The predicted octanol–water partition coefficient (Wildman–Crippen LogP) is 1.07. The van der Waals surface area contributed by atoms with Crippen LogP contribution in [-0.2, 0) is 7.05 Å². The molecule has 1 heterocycles. The van der Waals surface area contributed by atoms with E-state index in [-0.39, 0.29) is 30.9 Å². The molecule has 0 unspecified atom stereocenters. The van der Waals surface area contributed by atoms with E-state index in [0.717, 1.165) is 0 Å². The lowest BCUT2D eigenvalue weighted by Crippen LogP contribution is -2.39. The van der Waals surface area contributed by atoms with Gasteiger partial charge in [-0.25, -0.2) is 0 Å². The van der Waals surface area contributed by atoms with Crippen molar-refractivity contribution in [3.8, 4) is 0 Å². The van der Waals surface area contributed by atoms with E-state index in [2.05, 4.69) is 0 Å². The predicted molar refractivity (Wildman–Crippen MR) is 68.7 cm³/mol. The smallest absolute Gasteiger partial charge is 0.270 e. The summed E-state index contributed by atoms with van der Waals surface area (Å²) in [5, 5.41) is 8.99. The van der Waals surface area contributed by atoms with E-state index in [4.69, 9.17) is 5.11 Å². The van der Waals surface area contributed by atoms with Crippen molar-refractivity contribution in [3.05, 3.63) is 23.5 Å². The minimum Gasteiger partial charge on any atom is -0.395 e. The first-order valence-electron chi connectivity index (χ1n) is 5.97. The highest BCUT2D eigenvalue weighted by atomic mass is 16.3. The van der Waals surface area contributed by atoms with Gasteiger partial charge < -0.3 is 14.6 Å². The number of aromatic nitrogens is 1. The van der Waals surface area contributed by atoms with Crippen molar-refractivity contribution in [2.24, 2.45) is 7.05 Å². The highest BCUT2D eigenvalue weighted by Gasteiger charge is 2.21. The molecule has 0 atom stereocenters. The summed E-state index contributed by atoms with van der Waals surface area (Å²) in [4.78, 5) is 25.2. The van der Waals surface area contributed by atoms with Crippen LogP contribution in [-0.4, -0.2) is 45.5 Å².